The van der Waals surface area contributed by atoms with Gasteiger partial charge in [-0.15, -0.1) is 0 Å². The third kappa shape index (κ3) is 2.20. The highest BCUT2D eigenvalue weighted by Crippen LogP contribution is 2.28. The van der Waals surface area contributed by atoms with Gasteiger partial charge in [0.15, 0.2) is 0 Å². The number of nitrogens with zero attached hydrogens (tertiary/aromatic N) is 1. The summed E-state index contributed by atoms with van der Waals surface area (Å²) in [5, 5.41) is 2.32. The molecule has 0 aliphatic carbocycles. The van der Waals surface area contributed by atoms with E-state index < -0.39 is 11.6 Å². The van der Waals surface area contributed by atoms with Gasteiger partial charge in [-0.2, -0.15) is 0 Å². The molecule has 0 aromatic heterocycles. The first-order valence-corrected chi connectivity index (χ1v) is 6.26. The Morgan fingerprint density at radius 1 is 1.37 bits per heavy atom. The molecule has 1 aliphatic rings. The smallest absolute Gasteiger partial charge is 0.306 e. The lowest BCUT2D eigenvalue weighted by Crippen LogP contribution is -2.46. The lowest BCUT2D eigenvalue weighted by Gasteiger charge is -2.31. The molecule has 0 spiro atoms. The van der Waals surface area contributed by atoms with Crippen LogP contribution in [0.2, 0.25) is 0 Å². The predicted octanol–water partition coefficient (Wildman–Crippen LogP) is 2.35. The summed E-state index contributed by atoms with van der Waals surface area (Å²) < 4.78 is 13.3. The first kappa shape index (κ1) is 13.5. The average Bonchev–Trinajstić information content (AvgIpc) is 2.58. The van der Waals surface area contributed by atoms with Crippen molar-refractivity contribution in [2.45, 2.75) is 39.3 Å². The Morgan fingerprint density at radius 2 is 2.05 bits per heavy atom. The van der Waals surface area contributed by atoms with E-state index in [-0.39, 0.29) is 18.3 Å². The van der Waals surface area contributed by atoms with Crippen molar-refractivity contribution < 1.29 is 14.0 Å². The van der Waals surface area contributed by atoms with Crippen molar-refractivity contribution >= 4 is 11.9 Å². The van der Waals surface area contributed by atoms with Crippen molar-refractivity contribution in [2.24, 2.45) is 0 Å². The summed E-state index contributed by atoms with van der Waals surface area (Å²) in [6.07, 6.45) is 0.513. The summed E-state index contributed by atoms with van der Waals surface area (Å²) in [6, 6.07) is 4.04. The summed E-state index contributed by atoms with van der Waals surface area (Å²) in [5.41, 5.74) is 0.743. The largest absolute Gasteiger partial charge is 0.325 e. The molecule has 1 saturated heterocycles. The first-order valence-electron chi connectivity index (χ1n) is 6.26. The van der Waals surface area contributed by atoms with Gasteiger partial charge < -0.3 is 4.90 Å². The number of hydrogen-bond donors (Lipinski definition) is 1. The number of aryl methyl sites for hydroxylation is 1. The molecule has 102 valence electrons. The molecule has 1 fully saturated rings. The molecule has 0 radical (unpaired) electrons. The third-order valence-corrected chi connectivity index (χ3v) is 3.88. The van der Waals surface area contributed by atoms with Gasteiger partial charge in [0.05, 0.1) is 0 Å². The number of imide groups is 1. The Bertz CT molecular complexity index is 544. The average molecular weight is 264 g/mol. The van der Waals surface area contributed by atoms with E-state index >= 15 is 0 Å². The predicted molar refractivity (Wildman–Crippen MR) is 68.9 cm³/mol. The van der Waals surface area contributed by atoms with Gasteiger partial charge in [-0.25, -0.2) is 9.18 Å². The number of benzene rings is 1. The van der Waals surface area contributed by atoms with Gasteiger partial charge in [0.2, 0.25) is 0 Å². The Morgan fingerprint density at radius 3 is 2.68 bits per heavy atom. The van der Waals surface area contributed by atoms with Crippen LogP contribution in [0.3, 0.4) is 0 Å². The zero-order chi connectivity index (χ0) is 14.2. The summed E-state index contributed by atoms with van der Waals surface area (Å²) >= 11 is 0. The first-order chi connectivity index (χ1) is 8.88. The van der Waals surface area contributed by atoms with Crippen LogP contribution >= 0.6 is 0 Å². The molecule has 0 bridgehead atoms. The fourth-order valence-electron chi connectivity index (χ4n) is 2.22. The summed E-state index contributed by atoms with van der Waals surface area (Å²) in [4.78, 5) is 25.2. The molecule has 1 atom stereocenters. The maximum Gasteiger partial charge on any atom is 0.325 e. The highest BCUT2D eigenvalue weighted by atomic mass is 19.1. The van der Waals surface area contributed by atoms with Crippen molar-refractivity contribution in [1.29, 1.82) is 0 Å². The van der Waals surface area contributed by atoms with Gasteiger partial charge >= 0.3 is 6.03 Å². The van der Waals surface area contributed by atoms with Gasteiger partial charge in [-0.1, -0.05) is 13.0 Å². The number of halogens is 1. The second kappa shape index (κ2) is 4.64. The highest BCUT2D eigenvalue weighted by Gasteiger charge is 2.47. The number of carbonyl (C=O) groups excluding carboxylic acids is 2. The lowest BCUT2D eigenvalue weighted by molar-refractivity contribution is -0.126. The normalized spacial score (nSPS) is 22.8. The van der Waals surface area contributed by atoms with Crippen LogP contribution in [-0.2, 0) is 11.3 Å². The molecule has 2 rings (SSSR count). The molecule has 1 aromatic rings. The van der Waals surface area contributed by atoms with Gasteiger partial charge in [-0.05, 0) is 43.5 Å². The van der Waals surface area contributed by atoms with E-state index in [0.29, 0.717) is 12.0 Å². The molecule has 1 N–H and O–H groups in total. The molecule has 1 heterocycles. The summed E-state index contributed by atoms with van der Waals surface area (Å²) in [6.45, 7) is 5.66. The van der Waals surface area contributed by atoms with E-state index in [4.69, 9.17) is 0 Å². The van der Waals surface area contributed by atoms with Crippen LogP contribution in [0.4, 0.5) is 9.18 Å². The fraction of sp³-hybridized carbons (Fsp3) is 0.429. The minimum Gasteiger partial charge on any atom is -0.306 e. The monoisotopic (exact) mass is 264 g/mol. The molecular formula is C14H17FN2O2. The van der Waals surface area contributed by atoms with Crippen molar-refractivity contribution in [3.8, 4) is 0 Å². The van der Waals surface area contributed by atoms with Crippen LogP contribution in [0.15, 0.2) is 18.2 Å². The van der Waals surface area contributed by atoms with Gasteiger partial charge in [-0.3, -0.25) is 10.1 Å². The van der Waals surface area contributed by atoms with Crippen LogP contribution in [0.1, 0.15) is 31.4 Å². The summed E-state index contributed by atoms with van der Waals surface area (Å²) in [5.74, 6) is -0.640. The number of amides is 3. The second-order valence-corrected chi connectivity index (χ2v) is 5.04. The molecule has 5 heteroatoms. The second-order valence-electron chi connectivity index (χ2n) is 5.04. The minimum absolute atomic E-state index is 0.228. The SMILES string of the molecule is CCC1(C)C(=O)NC(=O)N1Cc1cc(F)ccc1C. The molecule has 19 heavy (non-hydrogen) atoms. The zero-order valence-corrected chi connectivity index (χ0v) is 11.3. The van der Waals surface area contributed by atoms with Crippen LogP contribution in [0.25, 0.3) is 0 Å². The van der Waals surface area contributed by atoms with E-state index in [9.17, 15) is 14.0 Å². The van der Waals surface area contributed by atoms with E-state index in [1.165, 1.54) is 17.0 Å². The van der Waals surface area contributed by atoms with Gasteiger partial charge in [0.25, 0.3) is 5.91 Å². The van der Waals surface area contributed by atoms with Crippen LogP contribution in [-0.4, -0.2) is 22.4 Å². The van der Waals surface area contributed by atoms with Gasteiger partial charge in [0.1, 0.15) is 11.4 Å². The third-order valence-electron chi connectivity index (χ3n) is 3.88. The number of carbonyl (C=O) groups is 2. The van der Waals surface area contributed by atoms with E-state index in [2.05, 4.69) is 5.32 Å². The zero-order valence-electron chi connectivity index (χ0n) is 11.3. The van der Waals surface area contributed by atoms with Crippen LogP contribution in [0.5, 0.6) is 0 Å². The minimum atomic E-state index is -0.865. The Hall–Kier alpha value is -1.91. The number of urea groups is 1. The van der Waals surface area contributed by atoms with Crippen molar-refractivity contribution in [3.05, 3.63) is 35.1 Å². The molecule has 1 aliphatic heterocycles. The van der Waals surface area contributed by atoms with Gasteiger partial charge in [0, 0.05) is 6.54 Å². The Balaban J connectivity index is 2.34. The topological polar surface area (TPSA) is 49.4 Å². The van der Waals surface area contributed by atoms with E-state index in [0.717, 1.165) is 5.56 Å². The van der Waals surface area contributed by atoms with Crippen molar-refractivity contribution in [2.75, 3.05) is 0 Å². The highest BCUT2D eigenvalue weighted by molar-refractivity contribution is 6.06. The number of rotatable bonds is 3. The fourth-order valence-corrected chi connectivity index (χ4v) is 2.22. The van der Waals surface area contributed by atoms with E-state index in [1.54, 1.807) is 13.0 Å². The van der Waals surface area contributed by atoms with E-state index in [1.807, 2.05) is 13.8 Å². The molecule has 4 nitrogen and oxygen atoms in total. The molecular weight excluding hydrogens is 247 g/mol. The lowest BCUT2D eigenvalue weighted by atomic mass is 9.96. The molecule has 1 aromatic carbocycles. The molecule has 1 unspecified atom stereocenters. The van der Waals surface area contributed by atoms with Crippen LogP contribution in [0, 0.1) is 12.7 Å². The van der Waals surface area contributed by atoms with Crippen molar-refractivity contribution in [3.63, 3.8) is 0 Å². The van der Waals surface area contributed by atoms with Crippen molar-refractivity contribution in [1.82, 2.24) is 10.2 Å². The summed E-state index contributed by atoms with van der Waals surface area (Å²) in [7, 11) is 0. The number of hydrogen-bond acceptors (Lipinski definition) is 2. The quantitative estimate of drug-likeness (QED) is 0.852. The maximum absolute atomic E-state index is 13.3. The standard InChI is InChI=1S/C14H17FN2O2/c1-4-14(3)12(18)16-13(19)17(14)8-10-7-11(15)6-5-9(10)2/h5-7H,4,8H2,1-3H3,(H,16,18,19). The number of nitrogens with one attached hydrogen (secondary N) is 1. The molecule has 0 saturated carbocycles. The van der Waals surface area contributed by atoms with Crippen LogP contribution < -0.4 is 5.32 Å². The Labute approximate surface area is 111 Å². The molecule has 3 amide bonds. The Kier molecular flexibility index (Phi) is 3.30. The maximum atomic E-state index is 13.3.